The van der Waals surface area contributed by atoms with Gasteiger partial charge < -0.3 is 19.1 Å². The quantitative estimate of drug-likeness (QED) is 0.629. The molecule has 144 valence electrons. The molecule has 6 nitrogen and oxygen atoms in total. The van der Waals surface area contributed by atoms with Crippen LogP contribution in [0.25, 0.3) is 0 Å². The van der Waals surface area contributed by atoms with Gasteiger partial charge in [0.1, 0.15) is 0 Å². The third kappa shape index (κ3) is 6.06. The topological polar surface area (TPSA) is 51.2 Å². The van der Waals surface area contributed by atoms with Crippen molar-refractivity contribution in [3.8, 4) is 0 Å². The van der Waals surface area contributed by atoms with Crippen LogP contribution in [-0.4, -0.2) is 76.1 Å². The molecule has 6 heteroatoms. The molecule has 3 rings (SSSR count). The summed E-state index contributed by atoms with van der Waals surface area (Å²) in [6.07, 6.45) is 2.77. The molecule has 2 saturated heterocycles. The van der Waals surface area contributed by atoms with Crippen LogP contribution >= 0.6 is 0 Å². The maximum atomic E-state index is 12.8. The molecular weight excluding hydrogens is 332 g/mol. The summed E-state index contributed by atoms with van der Waals surface area (Å²) in [6.45, 7) is 6.83. The highest BCUT2D eigenvalue weighted by atomic mass is 16.5. The van der Waals surface area contributed by atoms with Crippen molar-refractivity contribution in [1.29, 1.82) is 0 Å². The average Bonchev–Trinajstić information content (AvgIpc) is 3.21. The number of morpholine rings is 1. The second kappa shape index (κ2) is 10.6. The molecule has 2 aliphatic rings. The largest absolute Gasteiger partial charge is 0.379 e. The molecule has 1 aromatic rings. The van der Waals surface area contributed by atoms with E-state index in [1.54, 1.807) is 0 Å². The summed E-state index contributed by atoms with van der Waals surface area (Å²) in [7, 11) is 0. The molecule has 1 unspecified atom stereocenters. The fraction of sp³-hybridized carbons (Fsp3) is 0.650. The number of nitrogens with zero attached hydrogens (tertiary/aromatic N) is 2. The van der Waals surface area contributed by atoms with Crippen molar-refractivity contribution >= 4 is 11.6 Å². The Morgan fingerprint density at radius 1 is 1.19 bits per heavy atom. The SMILES string of the molecule is O=C(CCOCC1CCCO1)N(CCN1CCOCC1)c1ccccc1. The number of amides is 1. The van der Waals surface area contributed by atoms with Gasteiger partial charge in [-0.1, -0.05) is 18.2 Å². The fourth-order valence-corrected chi connectivity index (χ4v) is 3.36. The molecule has 1 amide bonds. The number of para-hydroxylation sites is 1. The molecule has 0 aliphatic carbocycles. The second-order valence-electron chi connectivity index (χ2n) is 6.79. The Kier molecular flexibility index (Phi) is 7.88. The standard InChI is InChI=1S/C20H30N2O4/c23-20(8-14-25-17-19-7-4-13-26-19)22(18-5-2-1-3-6-18)10-9-21-11-15-24-16-12-21/h1-3,5-6,19H,4,7-17H2. The van der Waals surface area contributed by atoms with Gasteiger partial charge >= 0.3 is 0 Å². The molecule has 0 aromatic heterocycles. The maximum Gasteiger partial charge on any atom is 0.229 e. The number of benzene rings is 1. The minimum atomic E-state index is 0.108. The molecule has 2 aliphatic heterocycles. The van der Waals surface area contributed by atoms with Gasteiger partial charge in [0.25, 0.3) is 0 Å². The van der Waals surface area contributed by atoms with Crippen molar-refractivity contribution < 1.29 is 19.0 Å². The number of carbonyl (C=O) groups is 1. The van der Waals surface area contributed by atoms with Crippen LogP contribution in [0.4, 0.5) is 5.69 Å². The van der Waals surface area contributed by atoms with Gasteiger partial charge in [0.05, 0.1) is 39.0 Å². The first-order chi connectivity index (χ1) is 12.8. The van der Waals surface area contributed by atoms with Gasteiger partial charge in [-0.05, 0) is 25.0 Å². The molecule has 26 heavy (non-hydrogen) atoms. The third-order valence-corrected chi connectivity index (χ3v) is 4.90. The Hall–Kier alpha value is -1.47. The van der Waals surface area contributed by atoms with Crippen LogP contribution < -0.4 is 4.90 Å². The molecule has 0 spiro atoms. The molecule has 0 N–H and O–H groups in total. The van der Waals surface area contributed by atoms with Gasteiger partial charge in [0, 0.05) is 38.5 Å². The van der Waals surface area contributed by atoms with E-state index in [-0.39, 0.29) is 12.0 Å². The number of ether oxygens (including phenoxy) is 3. The second-order valence-corrected chi connectivity index (χ2v) is 6.79. The Bertz CT molecular complexity index is 528. The Labute approximate surface area is 156 Å². The summed E-state index contributed by atoms with van der Waals surface area (Å²) in [4.78, 5) is 17.0. The van der Waals surface area contributed by atoms with Crippen molar-refractivity contribution in [2.45, 2.75) is 25.4 Å². The molecule has 0 bridgehead atoms. The van der Waals surface area contributed by atoms with Crippen LogP contribution in [-0.2, 0) is 19.0 Å². The molecular formula is C20H30N2O4. The van der Waals surface area contributed by atoms with Crippen molar-refractivity contribution in [2.24, 2.45) is 0 Å². The van der Waals surface area contributed by atoms with Crippen LogP contribution in [0.3, 0.4) is 0 Å². The highest BCUT2D eigenvalue weighted by Crippen LogP contribution is 2.16. The Morgan fingerprint density at radius 2 is 2.00 bits per heavy atom. The lowest BCUT2D eigenvalue weighted by Crippen LogP contribution is -2.43. The molecule has 1 atom stereocenters. The first-order valence-corrected chi connectivity index (χ1v) is 9.68. The summed E-state index contributed by atoms with van der Waals surface area (Å²) < 4.78 is 16.6. The summed E-state index contributed by atoms with van der Waals surface area (Å²) in [5.41, 5.74) is 0.949. The number of anilines is 1. The predicted octanol–water partition coefficient (Wildman–Crippen LogP) is 1.94. The van der Waals surface area contributed by atoms with Crippen molar-refractivity contribution in [2.75, 3.05) is 64.1 Å². The Morgan fingerprint density at radius 3 is 2.73 bits per heavy atom. The average molecular weight is 362 g/mol. The molecule has 1 aromatic carbocycles. The summed E-state index contributed by atoms with van der Waals surface area (Å²) in [6, 6.07) is 9.89. The first-order valence-electron chi connectivity index (χ1n) is 9.68. The monoisotopic (exact) mass is 362 g/mol. The lowest BCUT2D eigenvalue weighted by Gasteiger charge is -2.30. The van der Waals surface area contributed by atoms with E-state index < -0.39 is 0 Å². The summed E-state index contributed by atoms with van der Waals surface area (Å²) in [5.74, 6) is 0.108. The van der Waals surface area contributed by atoms with E-state index in [4.69, 9.17) is 14.2 Å². The smallest absolute Gasteiger partial charge is 0.229 e. The van der Waals surface area contributed by atoms with Gasteiger partial charge in [-0.2, -0.15) is 0 Å². The molecule has 2 fully saturated rings. The molecule has 0 saturated carbocycles. The minimum Gasteiger partial charge on any atom is -0.379 e. The van der Waals surface area contributed by atoms with Crippen LogP contribution in [0.1, 0.15) is 19.3 Å². The highest BCUT2D eigenvalue weighted by molar-refractivity contribution is 5.93. The first kappa shape index (κ1) is 19.3. The van der Waals surface area contributed by atoms with Crippen LogP contribution in [0, 0.1) is 0 Å². The Balaban J connectivity index is 1.47. The van der Waals surface area contributed by atoms with E-state index >= 15 is 0 Å². The van der Waals surface area contributed by atoms with Crippen molar-refractivity contribution in [3.05, 3.63) is 30.3 Å². The zero-order valence-electron chi connectivity index (χ0n) is 15.5. The van der Waals surface area contributed by atoms with Gasteiger partial charge in [-0.25, -0.2) is 0 Å². The van der Waals surface area contributed by atoms with Crippen LogP contribution in [0.2, 0.25) is 0 Å². The third-order valence-electron chi connectivity index (χ3n) is 4.90. The maximum absolute atomic E-state index is 12.8. The van der Waals surface area contributed by atoms with Gasteiger partial charge in [0.2, 0.25) is 5.91 Å². The number of hydrogen-bond acceptors (Lipinski definition) is 5. The normalized spacial score (nSPS) is 21.0. The lowest BCUT2D eigenvalue weighted by molar-refractivity contribution is -0.120. The molecule has 2 heterocycles. The van der Waals surface area contributed by atoms with Crippen LogP contribution in [0.5, 0.6) is 0 Å². The van der Waals surface area contributed by atoms with E-state index in [0.717, 1.165) is 58.0 Å². The number of rotatable bonds is 9. The minimum absolute atomic E-state index is 0.108. The zero-order valence-corrected chi connectivity index (χ0v) is 15.5. The van der Waals surface area contributed by atoms with Gasteiger partial charge in [-0.3, -0.25) is 9.69 Å². The van der Waals surface area contributed by atoms with Gasteiger partial charge in [0.15, 0.2) is 0 Å². The highest BCUT2D eigenvalue weighted by Gasteiger charge is 2.19. The molecule has 0 radical (unpaired) electrons. The van der Waals surface area contributed by atoms with E-state index in [1.807, 2.05) is 35.2 Å². The van der Waals surface area contributed by atoms with Crippen molar-refractivity contribution in [1.82, 2.24) is 4.90 Å². The number of hydrogen-bond donors (Lipinski definition) is 0. The van der Waals surface area contributed by atoms with E-state index in [0.29, 0.717) is 26.2 Å². The van der Waals surface area contributed by atoms with E-state index in [9.17, 15) is 4.79 Å². The fourth-order valence-electron chi connectivity index (χ4n) is 3.36. The zero-order chi connectivity index (χ0) is 18.0. The van der Waals surface area contributed by atoms with Crippen molar-refractivity contribution in [3.63, 3.8) is 0 Å². The van der Waals surface area contributed by atoms with Crippen LogP contribution in [0.15, 0.2) is 30.3 Å². The summed E-state index contributed by atoms with van der Waals surface area (Å²) >= 11 is 0. The summed E-state index contributed by atoms with van der Waals surface area (Å²) in [5, 5.41) is 0. The number of carbonyl (C=O) groups excluding carboxylic acids is 1. The van der Waals surface area contributed by atoms with E-state index in [2.05, 4.69) is 4.90 Å². The van der Waals surface area contributed by atoms with E-state index in [1.165, 1.54) is 0 Å². The van der Waals surface area contributed by atoms with Gasteiger partial charge in [-0.15, -0.1) is 0 Å². The predicted molar refractivity (Wildman–Crippen MR) is 100 cm³/mol. The lowest BCUT2D eigenvalue weighted by atomic mass is 10.2.